The highest BCUT2D eigenvalue weighted by atomic mass is 32.1. The number of hydrogen-bond acceptors (Lipinski definition) is 4. The van der Waals surface area contributed by atoms with Crippen molar-refractivity contribution in [2.24, 2.45) is 0 Å². The Morgan fingerprint density at radius 1 is 1.26 bits per heavy atom. The lowest BCUT2D eigenvalue weighted by atomic mass is 10.2. The summed E-state index contributed by atoms with van der Waals surface area (Å²) in [4.78, 5) is 27.6. The Hall–Kier alpha value is -2.21. The minimum Gasteiger partial charge on any atom is -0.341 e. The first-order valence-corrected chi connectivity index (χ1v) is 6.61. The van der Waals surface area contributed by atoms with Gasteiger partial charge >= 0.3 is 0 Å². The highest BCUT2D eigenvalue weighted by molar-refractivity contribution is 7.13. The maximum absolute atomic E-state index is 11.9. The normalized spacial score (nSPS) is 11.6. The van der Waals surface area contributed by atoms with Gasteiger partial charge in [0.05, 0.1) is 0 Å². The van der Waals surface area contributed by atoms with Gasteiger partial charge in [0.2, 0.25) is 5.91 Å². The molecule has 0 spiro atoms. The number of hydrogen-bond donors (Lipinski definition) is 2. The zero-order valence-electron chi connectivity index (χ0n) is 10.3. The van der Waals surface area contributed by atoms with E-state index in [1.54, 1.807) is 42.8 Å². The number of nitrogens with one attached hydrogen (secondary N) is 2. The van der Waals surface area contributed by atoms with Gasteiger partial charge in [-0.15, -0.1) is 11.3 Å². The lowest BCUT2D eigenvalue weighted by Gasteiger charge is -2.12. The van der Waals surface area contributed by atoms with E-state index in [-0.39, 0.29) is 11.8 Å². The fraction of sp³-hybridized carbons (Fsp3) is 0.154. The topological polar surface area (TPSA) is 71.1 Å². The van der Waals surface area contributed by atoms with Gasteiger partial charge in [-0.2, -0.15) is 0 Å². The van der Waals surface area contributed by atoms with Crippen LogP contribution in [0.5, 0.6) is 0 Å². The van der Waals surface area contributed by atoms with E-state index in [9.17, 15) is 9.59 Å². The van der Waals surface area contributed by atoms with Crippen molar-refractivity contribution >= 4 is 28.3 Å². The molecule has 0 unspecified atom stereocenters. The molecule has 0 aliphatic heterocycles. The van der Waals surface area contributed by atoms with E-state index >= 15 is 0 Å². The van der Waals surface area contributed by atoms with Gasteiger partial charge in [0.15, 0.2) is 5.13 Å². The molecule has 1 heterocycles. The molecule has 2 rings (SSSR count). The third-order valence-corrected chi connectivity index (χ3v) is 3.13. The maximum Gasteiger partial charge on any atom is 0.251 e. The van der Waals surface area contributed by atoms with Gasteiger partial charge in [0, 0.05) is 17.1 Å². The summed E-state index contributed by atoms with van der Waals surface area (Å²) in [6, 6.07) is 8.14. The standard InChI is InChI=1S/C13H13N3O2S/c1-9(11(17)16-13-14-7-8-19-13)15-12(18)10-5-3-2-4-6-10/h2-9H,1H3,(H,15,18)(H,14,16,17)/t9-/m1/s1. The Morgan fingerprint density at radius 3 is 2.63 bits per heavy atom. The fourth-order valence-electron chi connectivity index (χ4n) is 1.43. The van der Waals surface area contributed by atoms with Crippen molar-refractivity contribution in [3.63, 3.8) is 0 Å². The van der Waals surface area contributed by atoms with Gasteiger partial charge in [0.1, 0.15) is 6.04 Å². The molecule has 1 aromatic heterocycles. The summed E-state index contributed by atoms with van der Waals surface area (Å²) in [6.45, 7) is 1.63. The van der Waals surface area contributed by atoms with E-state index in [4.69, 9.17) is 0 Å². The molecule has 19 heavy (non-hydrogen) atoms. The molecule has 2 aromatic rings. The molecule has 98 valence electrons. The molecule has 0 saturated heterocycles. The summed E-state index contributed by atoms with van der Waals surface area (Å²) in [6.07, 6.45) is 1.60. The van der Waals surface area contributed by atoms with Crippen LogP contribution in [0.3, 0.4) is 0 Å². The number of benzene rings is 1. The van der Waals surface area contributed by atoms with Crippen molar-refractivity contribution in [2.75, 3.05) is 5.32 Å². The van der Waals surface area contributed by atoms with Gasteiger partial charge < -0.3 is 10.6 Å². The second kappa shape index (κ2) is 6.10. The third kappa shape index (κ3) is 3.62. The van der Waals surface area contributed by atoms with Crippen LogP contribution in [0.4, 0.5) is 5.13 Å². The molecule has 0 radical (unpaired) electrons. The number of thiazole rings is 1. The minimum absolute atomic E-state index is 0.276. The first kappa shape index (κ1) is 13.2. The second-order valence-corrected chi connectivity index (χ2v) is 4.78. The van der Waals surface area contributed by atoms with Gasteiger partial charge in [-0.05, 0) is 19.1 Å². The van der Waals surface area contributed by atoms with Crippen molar-refractivity contribution in [3.05, 3.63) is 47.5 Å². The molecule has 1 atom stereocenters. The van der Waals surface area contributed by atoms with Crippen LogP contribution in [-0.2, 0) is 4.79 Å². The second-order valence-electron chi connectivity index (χ2n) is 3.89. The predicted octanol–water partition coefficient (Wildman–Crippen LogP) is 1.90. The first-order valence-electron chi connectivity index (χ1n) is 5.73. The molecule has 0 aliphatic carbocycles. The van der Waals surface area contributed by atoms with Crippen molar-refractivity contribution in [1.82, 2.24) is 10.3 Å². The van der Waals surface area contributed by atoms with Crippen molar-refractivity contribution < 1.29 is 9.59 Å². The molecule has 0 saturated carbocycles. The Bertz CT molecular complexity index is 555. The van der Waals surface area contributed by atoms with Crippen LogP contribution in [-0.4, -0.2) is 22.8 Å². The van der Waals surface area contributed by atoms with Crippen LogP contribution in [0.1, 0.15) is 17.3 Å². The average molecular weight is 275 g/mol. The molecular weight excluding hydrogens is 262 g/mol. The number of aromatic nitrogens is 1. The number of rotatable bonds is 4. The van der Waals surface area contributed by atoms with Crippen molar-refractivity contribution in [3.8, 4) is 0 Å². The molecule has 6 heteroatoms. The molecule has 0 fully saturated rings. The molecular formula is C13H13N3O2S. The fourth-order valence-corrected chi connectivity index (χ4v) is 1.97. The molecule has 1 aromatic carbocycles. The zero-order valence-corrected chi connectivity index (χ0v) is 11.1. The quantitative estimate of drug-likeness (QED) is 0.895. The number of nitrogens with zero attached hydrogens (tertiary/aromatic N) is 1. The number of carbonyl (C=O) groups is 2. The molecule has 2 amide bonds. The van der Waals surface area contributed by atoms with E-state index in [0.29, 0.717) is 10.7 Å². The summed E-state index contributed by atoms with van der Waals surface area (Å²) < 4.78 is 0. The van der Waals surface area contributed by atoms with Crippen molar-refractivity contribution in [2.45, 2.75) is 13.0 Å². The largest absolute Gasteiger partial charge is 0.341 e. The summed E-state index contributed by atoms with van der Waals surface area (Å²) in [7, 11) is 0. The van der Waals surface area contributed by atoms with Crippen LogP contribution < -0.4 is 10.6 Å². The number of amides is 2. The Kier molecular flexibility index (Phi) is 4.25. The summed E-state index contributed by atoms with van der Waals surface area (Å²) in [5.41, 5.74) is 0.524. The van der Waals surface area contributed by atoms with E-state index in [1.165, 1.54) is 11.3 Å². The zero-order chi connectivity index (χ0) is 13.7. The van der Waals surface area contributed by atoms with Gasteiger partial charge in [-0.1, -0.05) is 18.2 Å². The third-order valence-electron chi connectivity index (χ3n) is 2.44. The monoisotopic (exact) mass is 275 g/mol. The van der Waals surface area contributed by atoms with E-state index in [2.05, 4.69) is 15.6 Å². The first-order chi connectivity index (χ1) is 9.16. The van der Waals surface area contributed by atoms with E-state index in [0.717, 1.165) is 0 Å². The SMILES string of the molecule is C[C@@H](NC(=O)c1ccccc1)C(=O)Nc1nccs1. The lowest BCUT2D eigenvalue weighted by molar-refractivity contribution is -0.117. The lowest BCUT2D eigenvalue weighted by Crippen LogP contribution is -2.41. The summed E-state index contributed by atoms with van der Waals surface area (Å²) in [5, 5.41) is 7.55. The molecule has 0 bridgehead atoms. The number of carbonyl (C=O) groups excluding carboxylic acids is 2. The molecule has 5 nitrogen and oxygen atoms in total. The maximum atomic E-state index is 11.9. The average Bonchev–Trinajstić information content (AvgIpc) is 2.92. The van der Waals surface area contributed by atoms with Crippen LogP contribution in [0.25, 0.3) is 0 Å². The highest BCUT2D eigenvalue weighted by Gasteiger charge is 2.17. The van der Waals surface area contributed by atoms with Gasteiger partial charge in [0.25, 0.3) is 5.91 Å². The summed E-state index contributed by atoms with van der Waals surface area (Å²) >= 11 is 1.33. The van der Waals surface area contributed by atoms with Crippen LogP contribution >= 0.6 is 11.3 Å². The smallest absolute Gasteiger partial charge is 0.251 e. The van der Waals surface area contributed by atoms with Crippen molar-refractivity contribution in [1.29, 1.82) is 0 Å². The summed E-state index contributed by atoms with van der Waals surface area (Å²) in [5.74, 6) is -0.568. The molecule has 0 aliphatic rings. The van der Waals surface area contributed by atoms with E-state index < -0.39 is 6.04 Å². The predicted molar refractivity (Wildman–Crippen MR) is 74.1 cm³/mol. The van der Waals surface area contributed by atoms with Crippen LogP contribution in [0, 0.1) is 0 Å². The van der Waals surface area contributed by atoms with Gasteiger partial charge in [-0.3, -0.25) is 9.59 Å². The van der Waals surface area contributed by atoms with Crippen LogP contribution in [0.2, 0.25) is 0 Å². The van der Waals surface area contributed by atoms with Gasteiger partial charge in [-0.25, -0.2) is 4.98 Å². The highest BCUT2D eigenvalue weighted by Crippen LogP contribution is 2.10. The van der Waals surface area contributed by atoms with E-state index in [1.807, 2.05) is 6.07 Å². The number of anilines is 1. The molecule has 2 N–H and O–H groups in total. The Morgan fingerprint density at radius 2 is 2.00 bits per heavy atom. The minimum atomic E-state index is -0.628. The Balaban J connectivity index is 1.92. The Labute approximate surface area is 114 Å². The van der Waals surface area contributed by atoms with Crippen LogP contribution in [0.15, 0.2) is 41.9 Å².